The maximum Gasteiger partial charge on any atom is 0.187 e. The van der Waals surface area contributed by atoms with Crippen LogP contribution in [0.1, 0.15) is 11.1 Å². The SMILES string of the molecule is COCCNCc1cnc(SCc2ccccc2Cl)nc1. The lowest BCUT2D eigenvalue weighted by Gasteiger charge is -2.05. The number of ether oxygens (including phenoxy) is 1. The van der Waals surface area contributed by atoms with Crippen LogP contribution in [0, 0.1) is 0 Å². The van der Waals surface area contributed by atoms with Gasteiger partial charge in [0.05, 0.1) is 6.61 Å². The fourth-order valence-electron chi connectivity index (χ4n) is 1.67. The summed E-state index contributed by atoms with van der Waals surface area (Å²) in [7, 11) is 1.69. The summed E-state index contributed by atoms with van der Waals surface area (Å²) >= 11 is 7.71. The van der Waals surface area contributed by atoms with Crippen molar-refractivity contribution in [3.63, 3.8) is 0 Å². The molecule has 0 aliphatic rings. The second-order valence-electron chi connectivity index (χ2n) is 4.42. The zero-order chi connectivity index (χ0) is 14.9. The van der Waals surface area contributed by atoms with Gasteiger partial charge in [-0.05, 0) is 11.6 Å². The molecule has 0 fully saturated rings. The molecular formula is C15H18ClN3OS. The predicted molar refractivity (Wildman–Crippen MR) is 86.6 cm³/mol. The highest BCUT2D eigenvalue weighted by Crippen LogP contribution is 2.24. The summed E-state index contributed by atoms with van der Waals surface area (Å²) in [4.78, 5) is 8.72. The first-order chi connectivity index (χ1) is 10.3. The van der Waals surface area contributed by atoms with Gasteiger partial charge in [0.25, 0.3) is 0 Å². The Morgan fingerprint density at radius 2 is 2.00 bits per heavy atom. The van der Waals surface area contributed by atoms with Crippen LogP contribution in [0.3, 0.4) is 0 Å². The first-order valence-electron chi connectivity index (χ1n) is 6.66. The van der Waals surface area contributed by atoms with E-state index < -0.39 is 0 Å². The van der Waals surface area contributed by atoms with Crippen molar-refractivity contribution in [3.05, 3.63) is 52.8 Å². The highest BCUT2D eigenvalue weighted by atomic mass is 35.5. The van der Waals surface area contributed by atoms with Crippen LogP contribution in [-0.2, 0) is 17.0 Å². The highest BCUT2D eigenvalue weighted by Gasteiger charge is 2.03. The average Bonchev–Trinajstić information content (AvgIpc) is 2.52. The number of nitrogens with one attached hydrogen (secondary N) is 1. The Morgan fingerprint density at radius 1 is 1.24 bits per heavy atom. The molecule has 0 aliphatic carbocycles. The summed E-state index contributed by atoms with van der Waals surface area (Å²) in [5, 5.41) is 4.80. The van der Waals surface area contributed by atoms with E-state index in [1.807, 2.05) is 36.7 Å². The molecule has 0 unspecified atom stereocenters. The van der Waals surface area contributed by atoms with Gasteiger partial charge in [0.1, 0.15) is 0 Å². The van der Waals surface area contributed by atoms with Gasteiger partial charge in [0.2, 0.25) is 0 Å². The zero-order valence-corrected chi connectivity index (χ0v) is 13.5. The van der Waals surface area contributed by atoms with Crippen LogP contribution >= 0.6 is 23.4 Å². The molecule has 1 heterocycles. The molecular weight excluding hydrogens is 306 g/mol. The van der Waals surface area contributed by atoms with Crippen molar-refractivity contribution < 1.29 is 4.74 Å². The first-order valence-corrected chi connectivity index (χ1v) is 8.02. The minimum absolute atomic E-state index is 0.701. The fourth-order valence-corrected chi connectivity index (χ4v) is 2.75. The molecule has 4 nitrogen and oxygen atoms in total. The summed E-state index contributed by atoms with van der Waals surface area (Å²) in [5.41, 5.74) is 2.16. The second kappa shape index (κ2) is 9.00. The molecule has 1 aromatic heterocycles. The second-order valence-corrected chi connectivity index (χ2v) is 5.77. The van der Waals surface area contributed by atoms with Crippen LogP contribution < -0.4 is 5.32 Å². The average molecular weight is 324 g/mol. The lowest BCUT2D eigenvalue weighted by atomic mass is 10.2. The third-order valence-electron chi connectivity index (χ3n) is 2.81. The molecule has 0 amide bonds. The van der Waals surface area contributed by atoms with Crippen molar-refractivity contribution in [1.82, 2.24) is 15.3 Å². The maximum atomic E-state index is 6.13. The smallest absolute Gasteiger partial charge is 0.187 e. The van der Waals surface area contributed by atoms with E-state index in [1.165, 1.54) is 0 Å². The lowest BCUT2D eigenvalue weighted by molar-refractivity contribution is 0.199. The summed E-state index contributed by atoms with van der Waals surface area (Å²) in [6.07, 6.45) is 3.70. The Morgan fingerprint density at radius 3 is 2.71 bits per heavy atom. The standard InChI is InChI=1S/C15H18ClN3OS/c1-20-7-6-17-8-12-9-18-15(19-10-12)21-11-13-4-2-3-5-14(13)16/h2-5,9-10,17H,6-8,11H2,1H3. The van der Waals surface area contributed by atoms with Crippen molar-refractivity contribution >= 4 is 23.4 Å². The monoisotopic (exact) mass is 323 g/mol. The topological polar surface area (TPSA) is 47.0 Å². The van der Waals surface area contributed by atoms with E-state index in [4.69, 9.17) is 16.3 Å². The third kappa shape index (κ3) is 5.63. The number of thioether (sulfide) groups is 1. The molecule has 1 aromatic carbocycles. The minimum Gasteiger partial charge on any atom is -0.383 e. The molecule has 6 heteroatoms. The zero-order valence-electron chi connectivity index (χ0n) is 11.9. The van der Waals surface area contributed by atoms with Gasteiger partial charge in [-0.2, -0.15) is 0 Å². The van der Waals surface area contributed by atoms with E-state index >= 15 is 0 Å². The number of rotatable bonds is 8. The third-order valence-corrected chi connectivity index (χ3v) is 4.10. The molecule has 112 valence electrons. The van der Waals surface area contributed by atoms with Crippen molar-refractivity contribution in [2.45, 2.75) is 17.5 Å². The Labute approximate surface area is 134 Å². The molecule has 0 saturated carbocycles. The van der Waals surface area contributed by atoms with E-state index in [2.05, 4.69) is 15.3 Å². The van der Waals surface area contributed by atoms with Crippen LogP contribution in [0.4, 0.5) is 0 Å². The number of hydrogen-bond donors (Lipinski definition) is 1. The van der Waals surface area contributed by atoms with Crippen LogP contribution in [0.5, 0.6) is 0 Å². The van der Waals surface area contributed by atoms with E-state index in [-0.39, 0.29) is 0 Å². The van der Waals surface area contributed by atoms with Crippen molar-refractivity contribution in [2.24, 2.45) is 0 Å². The van der Waals surface area contributed by atoms with Crippen LogP contribution in [-0.4, -0.2) is 30.2 Å². The Hall–Kier alpha value is -1.14. The van der Waals surface area contributed by atoms with Gasteiger partial charge in [0.15, 0.2) is 5.16 Å². The van der Waals surface area contributed by atoms with Crippen molar-refractivity contribution in [2.75, 3.05) is 20.3 Å². The molecule has 1 N–H and O–H groups in total. The quantitative estimate of drug-likeness (QED) is 0.459. The number of nitrogens with zero attached hydrogens (tertiary/aromatic N) is 2. The van der Waals surface area contributed by atoms with Crippen LogP contribution in [0.15, 0.2) is 41.8 Å². The van der Waals surface area contributed by atoms with Gasteiger partial charge < -0.3 is 10.1 Å². The Balaban J connectivity index is 1.81. The molecule has 2 aromatic rings. The van der Waals surface area contributed by atoms with Crippen LogP contribution in [0.2, 0.25) is 5.02 Å². The number of methoxy groups -OCH3 is 1. The van der Waals surface area contributed by atoms with E-state index in [1.54, 1.807) is 18.9 Å². The predicted octanol–water partition coefficient (Wildman–Crippen LogP) is 3.16. The van der Waals surface area contributed by atoms with E-state index in [9.17, 15) is 0 Å². The molecule has 0 atom stereocenters. The lowest BCUT2D eigenvalue weighted by Crippen LogP contribution is -2.18. The van der Waals surface area contributed by atoms with Gasteiger partial charge in [-0.25, -0.2) is 9.97 Å². The van der Waals surface area contributed by atoms with Gasteiger partial charge in [0, 0.05) is 48.9 Å². The fraction of sp³-hybridized carbons (Fsp3) is 0.333. The van der Waals surface area contributed by atoms with E-state index in [0.717, 1.165) is 40.1 Å². The molecule has 0 saturated heterocycles. The molecule has 2 rings (SSSR count). The maximum absolute atomic E-state index is 6.13. The number of benzene rings is 1. The Kier molecular flexibility index (Phi) is 6.95. The summed E-state index contributed by atoms with van der Waals surface area (Å²) in [5.74, 6) is 0.769. The summed E-state index contributed by atoms with van der Waals surface area (Å²) in [6.45, 7) is 2.27. The minimum atomic E-state index is 0.701. The van der Waals surface area contributed by atoms with Crippen molar-refractivity contribution in [3.8, 4) is 0 Å². The largest absolute Gasteiger partial charge is 0.383 e. The van der Waals surface area contributed by atoms with Gasteiger partial charge in [-0.1, -0.05) is 41.6 Å². The molecule has 21 heavy (non-hydrogen) atoms. The van der Waals surface area contributed by atoms with Gasteiger partial charge >= 0.3 is 0 Å². The highest BCUT2D eigenvalue weighted by molar-refractivity contribution is 7.98. The molecule has 0 bridgehead atoms. The van der Waals surface area contributed by atoms with Crippen LogP contribution in [0.25, 0.3) is 0 Å². The molecule has 0 radical (unpaired) electrons. The first kappa shape index (κ1) is 16.2. The van der Waals surface area contributed by atoms with Crippen molar-refractivity contribution in [1.29, 1.82) is 0 Å². The summed E-state index contributed by atoms with van der Waals surface area (Å²) < 4.78 is 4.97. The number of aromatic nitrogens is 2. The molecule has 0 aliphatic heterocycles. The normalized spacial score (nSPS) is 10.8. The summed E-state index contributed by atoms with van der Waals surface area (Å²) in [6, 6.07) is 7.83. The Bertz CT molecular complexity index is 551. The molecule has 0 spiro atoms. The van der Waals surface area contributed by atoms with Gasteiger partial charge in [-0.3, -0.25) is 0 Å². The number of hydrogen-bond acceptors (Lipinski definition) is 5. The van der Waals surface area contributed by atoms with E-state index in [0.29, 0.717) is 6.61 Å². The number of halogens is 1. The van der Waals surface area contributed by atoms with Gasteiger partial charge in [-0.15, -0.1) is 0 Å².